The third-order valence-corrected chi connectivity index (χ3v) is 4.87. The van der Waals surface area contributed by atoms with Gasteiger partial charge in [0.05, 0.1) is 25.1 Å². The van der Waals surface area contributed by atoms with Gasteiger partial charge in [0.1, 0.15) is 5.82 Å². The van der Waals surface area contributed by atoms with Crippen molar-refractivity contribution in [1.82, 2.24) is 14.9 Å². The summed E-state index contributed by atoms with van der Waals surface area (Å²) in [6.07, 6.45) is 3.53. The van der Waals surface area contributed by atoms with Crippen molar-refractivity contribution in [2.24, 2.45) is 0 Å². The van der Waals surface area contributed by atoms with Gasteiger partial charge in [-0.25, -0.2) is 18.7 Å². The summed E-state index contributed by atoms with van der Waals surface area (Å²) >= 11 is 0. The zero-order valence-electron chi connectivity index (χ0n) is 13.8. The van der Waals surface area contributed by atoms with Crippen LogP contribution in [0.3, 0.4) is 0 Å². The van der Waals surface area contributed by atoms with Crippen LogP contribution in [0.15, 0.2) is 36.7 Å². The van der Waals surface area contributed by atoms with E-state index < -0.39 is 5.82 Å². The first kappa shape index (κ1) is 16.4. The van der Waals surface area contributed by atoms with Crippen LogP contribution >= 0.6 is 0 Å². The van der Waals surface area contributed by atoms with Gasteiger partial charge in [0, 0.05) is 32.2 Å². The zero-order chi connectivity index (χ0) is 17.2. The van der Waals surface area contributed by atoms with E-state index in [0.717, 1.165) is 38.2 Å². The molecule has 0 spiro atoms. The molecule has 0 aliphatic carbocycles. The number of hydrogen-bond donors (Lipinski definition) is 0. The van der Waals surface area contributed by atoms with Gasteiger partial charge >= 0.3 is 0 Å². The van der Waals surface area contributed by atoms with Crippen LogP contribution in [0.1, 0.15) is 12.0 Å². The smallest absolute Gasteiger partial charge is 0.225 e. The number of rotatable bonds is 4. The van der Waals surface area contributed by atoms with E-state index in [1.807, 2.05) is 0 Å². The van der Waals surface area contributed by atoms with Crippen molar-refractivity contribution in [3.63, 3.8) is 0 Å². The highest BCUT2D eigenvalue weighted by atomic mass is 19.1. The average molecular weight is 346 g/mol. The third kappa shape index (κ3) is 3.77. The maximum Gasteiger partial charge on any atom is 0.225 e. The fourth-order valence-electron chi connectivity index (χ4n) is 3.56. The zero-order valence-corrected chi connectivity index (χ0v) is 13.8. The van der Waals surface area contributed by atoms with Gasteiger partial charge < -0.3 is 9.64 Å². The van der Waals surface area contributed by atoms with E-state index in [1.54, 1.807) is 12.1 Å². The van der Waals surface area contributed by atoms with E-state index in [-0.39, 0.29) is 11.9 Å². The lowest BCUT2D eigenvalue weighted by Gasteiger charge is -2.37. The Morgan fingerprint density at radius 3 is 2.52 bits per heavy atom. The molecule has 1 aromatic carbocycles. The molecule has 3 heterocycles. The number of piperazine rings is 1. The molecule has 5 nitrogen and oxygen atoms in total. The van der Waals surface area contributed by atoms with Crippen molar-refractivity contribution in [1.29, 1.82) is 0 Å². The van der Waals surface area contributed by atoms with Crippen molar-refractivity contribution in [2.45, 2.75) is 25.2 Å². The van der Waals surface area contributed by atoms with Gasteiger partial charge in [-0.1, -0.05) is 12.1 Å². The number of hydrogen-bond acceptors (Lipinski definition) is 5. The first-order valence-electron chi connectivity index (χ1n) is 8.50. The second kappa shape index (κ2) is 7.01. The lowest BCUT2D eigenvalue weighted by Crippen LogP contribution is -2.50. The van der Waals surface area contributed by atoms with Gasteiger partial charge in [0.15, 0.2) is 5.82 Å². The van der Waals surface area contributed by atoms with Crippen LogP contribution in [0.4, 0.5) is 14.7 Å². The van der Waals surface area contributed by atoms with Gasteiger partial charge in [0.25, 0.3) is 0 Å². The minimum atomic E-state index is -0.419. The fourth-order valence-corrected chi connectivity index (χ4v) is 3.56. The Bertz CT molecular complexity index is 710. The first-order valence-corrected chi connectivity index (χ1v) is 8.50. The summed E-state index contributed by atoms with van der Waals surface area (Å²) < 4.78 is 31.9. The number of aromatic nitrogens is 2. The second-order valence-electron chi connectivity index (χ2n) is 6.59. The molecule has 2 aliphatic heterocycles. The Kier molecular flexibility index (Phi) is 4.59. The Balaban J connectivity index is 1.32. The highest BCUT2D eigenvalue weighted by molar-refractivity contribution is 5.30. The van der Waals surface area contributed by atoms with Crippen LogP contribution in [0, 0.1) is 11.6 Å². The Labute approximate surface area is 145 Å². The molecule has 25 heavy (non-hydrogen) atoms. The Morgan fingerprint density at radius 1 is 1.00 bits per heavy atom. The number of nitrogens with zero attached hydrogens (tertiary/aromatic N) is 4. The average Bonchev–Trinajstić information content (AvgIpc) is 3.04. The molecule has 0 N–H and O–H groups in total. The number of ether oxygens (including phenoxy) is 1. The molecule has 0 radical (unpaired) electrons. The molecule has 7 heteroatoms. The van der Waals surface area contributed by atoms with E-state index in [4.69, 9.17) is 4.74 Å². The van der Waals surface area contributed by atoms with Crippen LogP contribution < -0.4 is 4.90 Å². The van der Waals surface area contributed by atoms with Crippen molar-refractivity contribution < 1.29 is 13.5 Å². The molecule has 0 saturated carbocycles. The molecule has 2 atom stereocenters. The van der Waals surface area contributed by atoms with Crippen LogP contribution in [0.2, 0.25) is 0 Å². The van der Waals surface area contributed by atoms with Crippen LogP contribution in [-0.2, 0) is 11.3 Å². The van der Waals surface area contributed by atoms with Crippen molar-refractivity contribution in [3.05, 3.63) is 53.9 Å². The number of anilines is 1. The van der Waals surface area contributed by atoms with Crippen molar-refractivity contribution in [3.8, 4) is 0 Å². The molecular weight excluding hydrogens is 326 g/mol. The first-order chi connectivity index (χ1) is 12.2. The second-order valence-corrected chi connectivity index (χ2v) is 6.59. The Hall–Kier alpha value is -2.12. The van der Waals surface area contributed by atoms with E-state index in [9.17, 15) is 8.78 Å². The third-order valence-electron chi connectivity index (χ3n) is 4.87. The SMILES string of the molecule is Fc1ccc(COC2CC3CN(c4ncc(F)cn4)CCN3C2)cc1. The summed E-state index contributed by atoms with van der Waals surface area (Å²) in [6, 6.07) is 6.81. The minimum absolute atomic E-state index is 0.170. The van der Waals surface area contributed by atoms with Gasteiger partial charge in [-0.3, -0.25) is 4.90 Å². The monoisotopic (exact) mass is 346 g/mol. The summed E-state index contributed by atoms with van der Waals surface area (Å²) in [6.45, 7) is 3.97. The molecule has 2 aromatic rings. The van der Waals surface area contributed by atoms with Crippen molar-refractivity contribution in [2.75, 3.05) is 31.1 Å². The van der Waals surface area contributed by atoms with Gasteiger partial charge in [-0.2, -0.15) is 0 Å². The molecule has 2 aliphatic rings. The predicted octanol–water partition coefficient (Wildman–Crippen LogP) is 2.23. The molecule has 1 aromatic heterocycles. The topological polar surface area (TPSA) is 41.5 Å². The molecular formula is C18H20F2N4O. The number of benzene rings is 1. The minimum Gasteiger partial charge on any atom is -0.372 e. The van der Waals surface area contributed by atoms with E-state index in [0.29, 0.717) is 18.6 Å². The summed E-state index contributed by atoms with van der Waals surface area (Å²) in [4.78, 5) is 12.7. The summed E-state index contributed by atoms with van der Waals surface area (Å²) in [7, 11) is 0. The van der Waals surface area contributed by atoms with E-state index in [2.05, 4.69) is 19.8 Å². The standard InChI is InChI=1S/C18H20F2N4O/c19-14-3-1-13(2-4-14)12-25-17-7-16-10-24(6-5-23(16)11-17)18-21-8-15(20)9-22-18/h1-4,8-9,16-17H,5-7,10-12H2. The highest BCUT2D eigenvalue weighted by Crippen LogP contribution is 2.26. The lowest BCUT2D eigenvalue weighted by atomic mass is 10.1. The maximum atomic E-state index is 13.0. The van der Waals surface area contributed by atoms with Gasteiger partial charge in [-0.15, -0.1) is 0 Å². The molecule has 0 bridgehead atoms. The Morgan fingerprint density at radius 2 is 1.76 bits per heavy atom. The highest BCUT2D eigenvalue weighted by Gasteiger charge is 2.37. The van der Waals surface area contributed by atoms with Crippen molar-refractivity contribution >= 4 is 5.95 Å². The van der Waals surface area contributed by atoms with Crippen LogP contribution in [0.25, 0.3) is 0 Å². The molecule has 132 valence electrons. The summed E-state index contributed by atoms with van der Waals surface area (Å²) in [5.74, 6) is -0.0703. The van der Waals surface area contributed by atoms with E-state index in [1.165, 1.54) is 24.5 Å². The lowest BCUT2D eigenvalue weighted by molar-refractivity contribution is 0.0469. The van der Waals surface area contributed by atoms with Crippen LogP contribution in [-0.4, -0.2) is 53.2 Å². The van der Waals surface area contributed by atoms with Gasteiger partial charge in [0.2, 0.25) is 5.95 Å². The summed E-state index contributed by atoms with van der Waals surface area (Å²) in [5, 5.41) is 0. The quantitative estimate of drug-likeness (QED) is 0.849. The maximum absolute atomic E-state index is 13.0. The molecule has 2 saturated heterocycles. The summed E-state index contributed by atoms with van der Waals surface area (Å²) in [5.41, 5.74) is 0.979. The fraction of sp³-hybridized carbons (Fsp3) is 0.444. The largest absolute Gasteiger partial charge is 0.372 e. The van der Waals surface area contributed by atoms with Gasteiger partial charge in [-0.05, 0) is 24.1 Å². The molecule has 0 amide bonds. The molecule has 4 rings (SSSR count). The molecule has 2 unspecified atom stereocenters. The van der Waals surface area contributed by atoms with E-state index >= 15 is 0 Å². The predicted molar refractivity (Wildman–Crippen MR) is 89.2 cm³/mol. The molecule has 2 fully saturated rings. The number of fused-ring (bicyclic) bond motifs is 1. The van der Waals surface area contributed by atoms with Crippen LogP contribution in [0.5, 0.6) is 0 Å². The normalized spacial score (nSPS) is 23.7. The number of halogens is 2.